The largest absolute Gasteiger partial charge is 0.543 e. The number of halogens is 1. The molecule has 5 heteroatoms. The van der Waals surface area contributed by atoms with Gasteiger partial charge in [0, 0.05) is 18.7 Å². The summed E-state index contributed by atoms with van der Waals surface area (Å²) in [5.41, 5.74) is 0.956. The van der Waals surface area contributed by atoms with Crippen LogP contribution in [0.15, 0.2) is 18.2 Å². The van der Waals surface area contributed by atoms with E-state index >= 15 is 0 Å². The van der Waals surface area contributed by atoms with Gasteiger partial charge in [0.1, 0.15) is 16.5 Å². The Bertz CT molecular complexity index is 455. The molecule has 0 aliphatic rings. The molecule has 0 saturated carbocycles. The Hall–Kier alpha value is -0.523. The minimum atomic E-state index is -1.83. The van der Waals surface area contributed by atoms with Gasteiger partial charge in [0.05, 0.1) is 7.11 Å². The summed E-state index contributed by atoms with van der Waals surface area (Å²) in [6.45, 7) is 11.1. The highest BCUT2D eigenvalue weighted by molar-refractivity contribution is 9.09. The molecule has 0 bridgehead atoms. The second kappa shape index (κ2) is 6.50. The van der Waals surface area contributed by atoms with Crippen molar-refractivity contribution in [3.05, 3.63) is 23.8 Å². The maximum absolute atomic E-state index is 6.28. The zero-order valence-corrected chi connectivity index (χ0v) is 16.0. The normalized spacial score (nSPS) is 14.0. The smallest absolute Gasteiger partial charge is 0.250 e. The molecule has 0 aliphatic heterocycles. The van der Waals surface area contributed by atoms with Crippen LogP contribution in [0.1, 0.15) is 31.3 Å². The fraction of sp³-hybridized carbons (Fsp3) is 0.600. The van der Waals surface area contributed by atoms with E-state index in [4.69, 9.17) is 13.9 Å². The molecule has 0 aliphatic carbocycles. The van der Waals surface area contributed by atoms with Crippen molar-refractivity contribution in [2.45, 2.75) is 43.9 Å². The molecule has 1 aromatic carbocycles. The van der Waals surface area contributed by atoms with Gasteiger partial charge in [-0.3, -0.25) is 0 Å². The van der Waals surface area contributed by atoms with Gasteiger partial charge in [-0.1, -0.05) is 36.7 Å². The summed E-state index contributed by atoms with van der Waals surface area (Å²) in [4.78, 5) is 0. The summed E-state index contributed by atoms with van der Waals surface area (Å²) < 4.78 is 17.0. The molecule has 1 atom stereocenters. The lowest BCUT2D eigenvalue weighted by molar-refractivity contribution is 0.178. The molecule has 1 unspecified atom stereocenters. The first kappa shape index (κ1) is 17.5. The Kier molecular flexibility index (Phi) is 5.69. The summed E-state index contributed by atoms with van der Waals surface area (Å²) in [6, 6.07) is 5.89. The number of hydrogen-bond donors (Lipinski definition) is 0. The second-order valence-corrected chi connectivity index (χ2v) is 11.9. The molecule has 0 heterocycles. The lowest BCUT2D eigenvalue weighted by Crippen LogP contribution is -2.43. The quantitative estimate of drug-likeness (QED) is 0.538. The van der Waals surface area contributed by atoms with E-state index in [9.17, 15) is 0 Å². The van der Waals surface area contributed by atoms with Crippen LogP contribution < -0.4 is 9.16 Å². The Labute approximate surface area is 131 Å². The summed E-state index contributed by atoms with van der Waals surface area (Å²) in [5, 5.41) is -0.0111. The number of rotatable bonds is 5. The third-order valence-corrected chi connectivity index (χ3v) is 9.06. The van der Waals surface area contributed by atoms with E-state index in [1.807, 2.05) is 18.2 Å². The lowest BCUT2D eigenvalue weighted by atomic mass is 10.2. The highest BCUT2D eigenvalue weighted by Gasteiger charge is 2.39. The van der Waals surface area contributed by atoms with Gasteiger partial charge >= 0.3 is 0 Å². The highest BCUT2D eigenvalue weighted by Crippen LogP contribution is 2.39. The molecule has 0 saturated heterocycles. The standard InChI is InChI=1S/C15H25BrO3Si/c1-15(2,3)20(6,7)19-11-8-9-12(14(16)18-5)13(10-11)17-4/h8-10,14H,1-7H3. The third kappa shape index (κ3) is 3.99. The van der Waals surface area contributed by atoms with Gasteiger partial charge in [-0.15, -0.1) is 0 Å². The fourth-order valence-corrected chi connectivity index (χ4v) is 2.92. The minimum Gasteiger partial charge on any atom is -0.543 e. The van der Waals surface area contributed by atoms with Crippen LogP contribution in [0.25, 0.3) is 0 Å². The van der Waals surface area contributed by atoms with Gasteiger partial charge in [-0.25, -0.2) is 0 Å². The molecule has 1 aromatic rings. The van der Waals surface area contributed by atoms with E-state index in [2.05, 4.69) is 49.8 Å². The first-order valence-electron chi connectivity index (χ1n) is 6.66. The molecule has 0 radical (unpaired) electrons. The van der Waals surface area contributed by atoms with Crippen LogP contribution in [0.3, 0.4) is 0 Å². The number of ether oxygens (including phenoxy) is 2. The average Bonchev–Trinajstić information content (AvgIpc) is 2.35. The molecule has 0 N–H and O–H groups in total. The molecular formula is C15H25BrO3Si. The van der Waals surface area contributed by atoms with Gasteiger partial charge < -0.3 is 13.9 Å². The Balaban J connectivity index is 3.05. The first-order valence-corrected chi connectivity index (χ1v) is 10.5. The molecule has 3 nitrogen and oxygen atoms in total. The predicted octanol–water partition coefficient (Wildman–Crippen LogP) is 5.12. The second-order valence-electron chi connectivity index (χ2n) is 6.32. The van der Waals surface area contributed by atoms with Crippen molar-refractivity contribution >= 4 is 24.2 Å². The van der Waals surface area contributed by atoms with Gasteiger partial charge in [0.25, 0.3) is 0 Å². The summed E-state index contributed by atoms with van der Waals surface area (Å²) in [6.07, 6.45) is 0. The molecule has 1 rings (SSSR count). The van der Waals surface area contributed by atoms with Crippen molar-refractivity contribution in [1.82, 2.24) is 0 Å². The molecule has 0 fully saturated rings. The van der Waals surface area contributed by atoms with Gasteiger partial charge in [0.15, 0.2) is 0 Å². The molecule has 0 spiro atoms. The maximum Gasteiger partial charge on any atom is 0.250 e. The SMILES string of the molecule is COc1cc(O[Si](C)(C)C(C)(C)C)ccc1C(Br)OC. The maximum atomic E-state index is 6.28. The van der Waals surface area contributed by atoms with Crippen LogP contribution in [-0.2, 0) is 4.74 Å². The van der Waals surface area contributed by atoms with Crippen molar-refractivity contribution in [3.8, 4) is 11.5 Å². The number of methoxy groups -OCH3 is 2. The average molecular weight is 361 g/mol. The van der Waals surface area contributed by atoms with E-state index < -0.39 is 8.32 Å². The zero-order chi connectivity index (χ0) is 15.6. The van der Waals surface area contributed by atoms with Crippen molar-refractivity contribution in [3.63, 3.8) is 0 Å². The van der Waals surface area contributed by atoms with E-state index in [0.29, 0.717) is 0 Å². The third-order valence-electron chi connectivity index (χ3n) is 3.84. The lowest BCUT2D eigenvalue weighted by Gasteiger charge is -2.36. The van der Waals surface area contributed by atoms with Crippen molar-refractivity contribution < 1.29 is 13.9 Å². The van der Waals surface area contributed by atoms with E-state index in [1.165, 1.54) is 0 Å². The van der Waals surface area contributed by atoms with E-state index in [-0.39, 0.29) is 10.1 Å². The van der Waals surface area contributed by atoms with Crippen molar-refractivity contribution in [2.75, 3.05) is 14.2 Å². The van der Waals surface area contributed by atoms with E-state index in [1.54, 1.807) is 14.2 Å². The Morgan fingerprint density at radius 3 is 2.20 bits per heavy atom. The summed E-state index contributed by atoms with van der Waals surface area (Å²) >= 11 is 3.46. The van der Waals surface area contributed by atoms with Crippen LogP contribution in [-0.4, -0.2) is 22.5 Å². The Morgan fingerprint density at radius 1 is 1.15 bits per heavy atom. The fourth-order valence-electron chi connectivity index (χ4n) is 1.52. The van der Waals surface area contributed by atoms with Crippen LogP contribution >= 0.6 is 15.9 Å². The van der Waals surface area contributed by atoms with Crippen LogP contribution in [0.5, 0.6) is 11.5 Å². The summed E-state index contributed by atoms with van der Waals surface area (Å²) in [7, 11) is 1.48. The molecular weight excluding hydrogens is 336 g/mol. The minimum absolute atomic E-state index is 0.170. The Morgan fingerprint density at radius 2 is 1.75 bits per heavy atom. The number of hydrogen-bond acceptors (Lipinski definition) is 3. The highest BCUT2D eigenvalue weighted by atomic mass is 79.9. The predicted molar refractivity (Wildman–Crippen MR) is 89.5 cm³/mol. The molecule has 114 valence electrons. The van der Waals surface area contributed by atoms with Crippen LogP contribution in [0.4, 0.5) is 0 Å². The van der Waals surface area contributed by atoms with E-state index in [0.717, 1.165) is 17.1 Å². The van der Waals surface area contributed by atoms with Crippen LogP contribution in [0, 0.1) is 0 Å². The topological polar surface area (TPSA) is 27.7 Å². The van der Waals surface area contributed by atoms with Crippen molar-refractivity contribution in [2.24, 2.45) is 0 Å². The zero-order valence-electron chi connectivity index (χ0n) is 13.4. The number of alkyl halides is 1. The van der Waals surface area contributed by atoms with Crippen LogP contribution in [0.2, 0.25) is 18.1 Å². The first-order chi connectivity index (χ1) is 9.12. The summed E-state index contributed by atoms with van der Waals surface area (Å²) in [5.74, 6) is 1.62. The molecule has 20 heavy (non-hydrogen) atoms. The molecule has 0 amide bonds. The number of benzene rings is 1. The van der Waals surface area contributed by atoms with Crippen molar-refractivity contribution in [1.29, 1.82) is 0 Å². The monoisotopic (exact) mass is 360 g/mol. The van der Waals surface area contributed by atoms with Gasteiger partial charge in [-0.05, 0) is 30.3 Å². The van der Waals surface area contributed by atoms with Gasteiger partial charge in [0.2, 0.25) is 8.32 Å². The molecule has 0 aromatic heterocycles. The van der Waals surface area contributed by atoms with Gasteiger partial charge in [-0.2, -0.15) is 0 Å².